The highest BCUT2D eigenvalue weighted by atomic mass is 32.2. The Kier molecular flexibility index (Phi) is 6.74. The highest BCUT2D eigenvalue weighted by Crippen LogP contribution is 2.20. The highest BCUT2D eigenvalue weighted by molar-refractivity contribution is 7.89. The van der Waals surface area contributed by atoms with Crippen LogP contribution in [0, 0.1) is 6.92 Å². The lowest BCUT2D eigenvalue weighted by Gasteiger charge is -2.16. The molecule has 2 rings (SSSR count). The topological polar surface area (TPSA) is 80.8 Å². The lowest BCUT2D eigenvalue weighted by Crippen LogP contribution is -2.25. The summed E-state index contributed by atoms with van der Waals surface area (Å²) in [5.74, 6) is -1.05. The van der Waals surface area contributed by atoms with Gasteiger partial charge in [0.25, 0.3) is 0 Å². The largest absolute Gasteiger partial charge is 0.451 e. The Labute approximate surface area is 166 Å². The van der Waals surface area contributed by atoms with Crippen molar-refractivity contribution in [2.75, 3.05) is 14.1 Å². The molecule has 7 heteroatoms. The van der Waals surface area contributed by atoms with Gasteiger partial charge in [0.05, 0.1) is 10.5 Å². The minimum Gasteiger partial charge on any atom is -0.451 e. The molecule has 0 saturated carbocycles. The van der Waals surface area contributed by atoms with Crippen LogP contribution >= 0.6 is 0 Å². The van der Waals surface area contributed by atoms with Crippen LogP contribution in [0.25, 0.3) is 0 Å². The third-order valence-electron chi connectivity index (χ3n) is 4.51. The van der Waals surface area contributed by atoms with Crippen molar-refractivity contribution in [1.29, 1.82) is 0 Å². The molecule has 0 saturated heterocycles. The number of carbonyl (C=O) groups excluding carboxylic acids is 2. The molecule has 2 aromatic carbocycles. The fourth-order valence-electron chi connectivity index (χ4n) is 2.61. The zero-order valence-electron chi connectivity index (χ0n) is 16.7. The van der Waals surface area contributed by atoms with Crippen molar-refractivity contribution < 1.29 is 22.7 Å². The lowest BCUT2D eigenvalue weighted by molar-refractivity contribution is 0.0318. The molecule has 0 heterocycles. The van der Waals surface area contributed by atoms with E-state index in [-0.39, 0.29) is 16.2 Å². The molecular formula is C21H25NO5S. The molecule has 28 heavy (non-hydrogen) atoms. The van der Waals surface area contributed by atoms with Crippen LogP contribution in [0.1, 0.15) is 45.7 Å². The average Bonchev–Trinajstić information content (AvgIpc) is 2.67. The van der Waals surface area contributed by atoms with E-state index in [2.05, 4.69) is 0 Å². The third kappa shape index (κ3) is 4.66. The van der Waals surface area contributed by atoms with Crippen molar-refractivity contribution >= 4 is 21.8 Å². The Balaban J connectivity index is 2.22. The first kappa shape index (κ1) is 21.8. The quantitative estimate of drug-likeness (QED) is 0.524. The maximum absolute atomic E-state index is 12.6. The first-order valence-electron chi connectivity index (χ1n) is 8.95. The lowest BCUT2D eigenvalue weighted by atomic mass is 10.0. The fraction of sp³-hybridized carbons (Fsp3) is 0.333. The van der Waals surface area contributed by atoms with Gasteiger partial charge in [0.2, 0.25) is 15.8 Å². The van der Waals surface area contributed by atoms with Crippen LogP contribution in [-0.2, 0) is 21.2 Å². The van der Waals surface area contributed by atoms with E-state index in [0.717, 1.165) is 16.3 Å². The summed E-state index contributed by atoms with van der Waals surface area (Å²) in [6.45, 7) is 5.20. The summed E-state index contributed by atoms with van der Waals surface area (Å²) in [7, 11) is -0.857. The third-order valence-corrected chi connectivity index (χ3v) is 6.32. The summed E-state index contributed by atoms with van der Waals surface area (Å²) in [5, 5.41) is 0. The number of ketones is 1. The van der Waals surface area contributed by atoms with Crippen LogP contribution in [0.4, 0.5) is 0 Å². The summed E-state index contributed by atoms with van der Waals surface area (Å²) >= 11 is 0. The monoisotopic (exact) mass is 403 g/mol. The van der Waals surface area contributed by atoms with E-state index in [1.807, 2.05) is 19.1 Å². The fourth-order valence-corrected chi connectivity index (χ4v) is 3.54. The molecule has 0 aliphatic carbocycles. The molecule has 0 amide bonds. The number of hydrogen-bond acceptors (Lipinski definition) is 5. The van der Waals surface area contributed by atoms with Gasteiger partial charge >= 0.3 is 5.97 Å². The normalized spacial score (nSPS) is 12.6. The van der Waals surface area contributed by atoms with Crippen molar-refractivity contribution in [3.8, 4) is 0 Å². The summed E-state index contributed by atoms with van der Waals surface area (Å²) in [6.07, 6.45) is -0.127. The van der Waals surface area contributed by atoms with Crippen molar-refractivity contribution in [1.82, 2.24) is 4.31 Å². The number of rotatable bonds is 7. The molecule has 0 N–H and O–H groups in total. The molecule has 0 aliphatic heterocycles. The van der Waals surface area contributed by atoms with Gasteiger partial charge in [-0.1, -0.05) is 37.3 Å². The second kappa shape index (κ2) is 8.67. The predicted octanol–water partition coefficient (Wildman–Crippen LogP) is 3.24. The number of aryl methyl sites for hydroxylation is 2. The van der Waals surface area contributed by atoms with Crippen molar-refractivity contribution in [3.63, 3.8) is 0 Å². The van der Waals surface area contributed by atoms with Gasteiger partial charge in [-0.3, -0.25) is 4.79 Å². The Morgan fingerprint density at radius 3 is 2.21 bits per heavy atom. The maximum Gasteiger partial charge on any atom is 0.339 e. The number of hydrogen-bond donors (Lipinski definition) is 0. The zero-order chi connectivity index (χ0) is 21.1. The van der Waals surface area contributed by atoms with Gasteiger partial charge in [-0.05, 0) is 43.5 Å². The maximum atomic E-state index is 12.6. The number of ether oxygens (including phenoxy) is 1. The van der Waals surface area contributed by atoms with Gasteiger partial charge in [0.15, 0.2) is 6.10 Å². The summed E-state index contributed by atoms with van der Waals surface area (Å²) in [4.78, 5) is 25.1. The van der Waals surface area contributed by atoms with Gasteiger partial charge in [-0.2, -0.15) is 0 Å². The molecule has 0 bridgehead atoms. The van der Waals surface area contributed by atoms with E-state index in [1.54, 1.807) is 25.1 Å². The number of benzene rings is 2. The Morgan fingerprint density at radius 2 is 1.68 bits per heavy atom. The SMILES string of the molecule is CCc1ccc(C(=O)C(C)OC(=O)c2cc(S(=O)(=O)N(C)C)ccc2C)cc1. The van der Waals surface area contributed by atoms with Crippen LogP contribution < -0.4 is 0 Å². The number of Topliss-reactive ketones (excluding diaryl/α,β-unsaturated/α-hetero) is 1. The predicted molar refractivity (Wildman–Crippen MR) is 107 cm³/mol. The second-order valence-electron chi connectivity index (χ2n) is 6.73. The standard InChI is InChI=1S/C21H25NO5S/c1-6-16-8-10-17(11-9-16)20(23)15(3)27-21(24)19-13-18(12-7-14(19)2)28(25,26)22(4)5/h7-13,15H,6H2,1-5H3. The van der Waals surface area contributed by atoms with Crippen LogP contribution in [0.15, 0.2) is 47.4 Å². The number of nitrogens with zero attached hydrogens (tertiary/aromatic N) is 1. The van der Waals surface area contributed by atoms with Gasteiger partial charge < -0.3 is 4.74 Å². The average molecular weight is 404 g/mol. The van der Waals surface area contributed by atoms with E-state index >= 15 is 0 Å². The zero-order valence-corrected chi connectivity index (χ0v) is 17.5. The Hall–Kier alpha value is -2.51. The molecule has 0 aromatic heterocycles. The van der Waals surface area contributed by atoms with Crippen LogP contribution in [0.2, 0.25) is 0 Å². The molecular weight excluding hydrogens is 378 g/mol. The second-order valence-corrected chi connectivity index (χ2v) is 8.88. The Morgan fingerprint density at radius 1 is 1.07 bits per heavy atom. The molecule has 6 nitrogen and oxygen atoms in total. The van der Waals surface area contributed by atoms with Crippen molar-refractivity contribution in [2.24, 2.45) is 0 Å². The molecule has 0 aliphatic rings. The summed E-state index contributed by atoms with van der Waals surface area (Å²) < 4.78 is 31.0. The van der Waals surface area contributed by atoms with E-state index in [0.29, 0.717) is 11.1 Å². The van der Waals surface area contributed by atoms with Gasteiger partial charge in [0, 0.05) is 19.7 Å². The van der Waals surface area contributed by atoms with E-state index in [1.165, 1.54) is 33.2 Å². The molecule has 1 atom stereocenters. The first-order chi connectivity index (χ1) is 13.1. The number of esters is 1. The summed E-state index contributed by atoms with van der Waals surface area (Å²) in [6, 6.07) is 11.4. The smallest absolute Gasteiger partial charge is 0.339 e. The number of sulfonamides is 1. The molecule has 2 aromatic rings. The van der Waals surface area contributed by atoms with Gasteiger partial charge in [0.1, 0.15) is 0 Å². The highest BCUT2D eigenvalue weighted by Gasteiger charge is 2.24. The van der Waals surface area contributed by atoms with Gasteiger partial charge in [-0.25, -0.2) is 17.5 Å². The molecule has 0 fully saturated rings. The minimum atomic E-state index is -3.69. The van der Waals surface area contributed by atoms with Crippen LogP contribution in [0.5, 0.6) is 0 Å². The van der Waals surface area contributed by atoms with Crippen LogP contribution in [-0.4, -0.2) is 44.7 Å². The first-order valence-corrected chi connectivity index (χ1v) is 10.4. The minimum absolute atomic E-state index is 0.0100. The Bertz CT molecular complexity index is 978. The number of carbonyl (C=O) groups is 2. The van der Waals surface area contributed by atoms with Crippen LogP contribution in [0.3, 0.4) is 0 Å². The van der Waals surface area contributed by atoms with Crippen molar-refractivity contribution in [3.05, 3.63) is 64.7 Å². The van der Waals surface area contributed by atoms with Crippen molar-refractivity contribution in [2.45, 2.75) is 38.2 Å². The molecule has 0 spiro atoms. The van der Waals surface area contributed by atoms with E-state index in [4.69, 9.17) is 4.74 Å². The van der Waals surface area contributed by atoms with E-state index in [9.17, 15) is 18.0 Å². The molecule has 1 unspecified atom stereocenters. The molecule has 150 valence electrons. The van der Waals surface area contributed by atoms with E-state index < -0.39 is 22.1 Å². The van der Waals surface area contributed by atoms with Gasteiger partial charge in [-0.15, -0.1) is 0 Å². The molecule has 0 radical (unpaired) electrons. The summed E-state index contributed by atoms with van der Waals surface area (Å²) in [5.41, 5.74) is 2.24.